The Morgan fingerprint density at radius 1 is 1.27 bits per heavy atom. The van der Waals surface area contributed by atoms with Crippen LogP contribution < -0.4 is 11.5 Å². The third-order valence-corrected chi connectivity index (χ3v) is 3.10. The number of guanidine groups is 1. The van der Waals surface area contributed by atoms with Gasteiger partial charge in [0.2, 0.25) is 0 Å². The summed E-state index contributed by atoms with van der Waals surface area (Å²) < 4.78 is 0. The van der Waals surface area contributed by atoms with Crippen LogP contribution in [-0.4, -0.2) is 17.0 Å². The summed E-state index contributed by atoms with van der Waals surface area (Å²) in [4.78, 5) is 15.6. The molecule has 110 valence electrons. The van der Waals surface area contributed by atoms with Gasteiger partial charge in [-0.3, -0.25) is 4.79 Å². The number of phenolic OH excluding ortho intramolecular Hbond substituents is 1. The lowest BCUT2D eigenvalue weighted by atomic mass is 9.93. The zero-order chi connectivity index (χ0) is 16.3. The first-order chi connectivity index (χ1) is 10.4. The fourth-order valence-corrected chi connectivity index (χ4v) is 2.21. The van der Waals surface area contributed by atoms with Gasteiger partial charge in [-0.25, -0.2) is 0 Å². The number of hydrogen-bond donors (Lipinski definition) is 3. The molecule has 0 bridgehead atoms. The lowest BCUT2D eigenvalue weighted by Crippen LogP contribution is -2.24. The van der Waals surface area contributed by atoms with E-state index in [1.54, 1.807) is 24.3 Å². The summed E-state index contributed by atoms with van der Waals surface area (Å²) in [7, 11) is 0. The highest BCUT2D eigenvalue weighted by Crippen LogP contribution is 2.35. The van der Waals surface area contributed by atoms with Gasteiger partial charge in [0, 0.05) is 10.6 Å². The number of aliphatic imine (C=N–C) groups is 1. The summed E-state index contributed by atoms with van der Waals surface area (Å²) in [6, 6.07) is 11.2. The van der Waals surface area contributed by atoms with Gasteiger partial charge >= 0.3 is 0 Å². The SMILES string of the molecule is N#Cc1ccc(O)c(C(=O)N=C(N)N)c1-c1cccc(Cl)c1. The molecule has 0 aromatic heterocycles. The maximum atomic E-state index is 12.2. The van der Waals surface area contributed by atoms with E-state index in [-0.39, 0.29) is 22.4 Å². The first kappa shape index (κ1) is 15.4. The van der Waals surface area contributed by atoms with Crippen LogP contribution in [0.3, 0.4) is 0 Å². The molecular formula is C15H11ClN4O2. The maximum Gasteiger partial charge on any atom is 0.284 e. The molecule has 0 saturated carbocycles. The van der Waals surface area contributed by atoms with E-state index in [4.69, 9.17) is 23.1 Å². The summed E-state index contributed by atoms with van der Waals surface area (Å²) in [5, 5.41) is 19.7. The van der Waals surface area contributed by atoms with E-state index in [2.05, 4.69) is 4.99 Å². The standard InChI is InChI=1S/C15H11ClN4O2/c16-10-3-1-2-8(6-10)12-9(7-17)4-5-11(21)13(12)14(22)20-15(18)19/h1-6,21H,(H4,18,19,20,22). The summed E-state index contributed by atoms with van der Waals surface area (Å²) in [6.07, 6.45) is 0. The third-order valence-electron chi connectivity index (χ3n) is 2.86. The zero-order valence-electron chi connectivity index (χ0n) is 11.2. The number of carbonyl (C=O) groups is 1. The van der Waals surface area contributed by atoms with Crippen molar-refractivity contribution in [2.75, 3.05) is 0 Å². The number of benzene rings is 2. The molecule has 6 nitrogen and oxygen atoms in total. The fourth-order valence-electron chi connectivity index (χ4n) is 2.02. The Hall–Kier alpha value is -3.04. The number of aromatic hydroxyl groups is 1. The summed E-state index contributed by atoms with van der Waals surface area (Å²) >= 11 is 5.95. The molecule has 5 N–H and O–H groups in total. The van der Waals surface area contributed by atoms with Crippen molar-refractivity contribution in [2.24, 2.45) is 16.5 Å². The highest BCUT2D eigenvalue weighted by Gasteiger charge is 2.21. The van der Waals surface area contributed by atoms with Crippen molar-refractivity contribution in [1.82, 2.24) is 0 Å². The monoisotopic (exact) mass is 314 g/mol. The minimum atomic E-state index is -0.843. The normalized spacial score (nSPS) is 9.82. The van der Waals surface area contributed by atoms with Crippen molar-refractivity contribution in [3.63, 3.8) is 0 Å². The number of amides is 1. The highest BCUT2D eigenvalue weighted by molar-refractivity contribution is 6.31. The topological polar surface area (TPSA) is 125 Å². The van der Waals surface area contributed by atoms with Crippen LogP contribution in [0.5, 0.6) is 5.75 Å². The van der Waals surface area contributed by atoms with Gasteiger partial charge in [0.25, 0.3) is 5.91 Å². The van der Waals surface area contributed by atoms with Gasteiger partial charge in [0.05, 0.1) is 17.2 Å². The molecule has 2 aromatic carbocycles. The van der Waals surface area contributed by atoms with Crippen LogP contribution in [0.2, 0.25) is 5.02 Å². The maximum absolute atomic E-state index is 12.2. The number of hydrogen-bond acceptors (Lipinski definition) is 3. The second-order valence-electron chi connectivity index (χ2n) is 4.35. The van der Waals surface area contributed by atoms with Crippen LogP contribution in [0.4, 0.5) is 0 Å². The molecule has 2 rings (SSSR count). The molecule has 1 amide bonds. The quantitative estimate of drug-likeness (QED) is 0.577. The molecule has 7 heteroatoms. The van der Waals surface area contributed by atoms with E-state index < -0.39 is 11.9 Å². The Balaban J connectivity index is 2.81. The second kappa shape index (κ2) is 6.16. The number of carbonyl (C=O) groups excluding carboxylic acids is 1. The average Bonchev–Trinajstić information content (AvgIpc) is 2.46. The Morgan fingerprint density at radius 3 is 2.59 bits per heavy atom. The van der Waals surface area contributed by atoms with Crippen molar-refractivity contribution in [1.29, 1.82) is 5.26 Å². The van der Waals surface area contributed by atoms with Crippen molar-refractivity contribution in [2.45, 2.75) is 0 Å². The molecule has 0 saturated heterocycles. The molecule has 0 heterocycles. The minimum Gasteiger partial charge on any atom is -0.507 e. The molecule has 2 aromatic rings. The summed E-state index contributed by atoms with van der Waals surface area (Å²) in [5.41, 5.74) is 11.2. The molecule has 22 heavy (non-hydrogen) atoms. The van der Waals surface area contributed by atoms with Gasteiger partial charge in [-0.2, -0.15) is 10.3 Å². The van der Waals surface area contributed by atoms with E-state index in [9.17, 15) is 15.2 Å². The number of nitrogens with zero attached hydrogens (tertiary/aromatic N) is 2. The molecule has 0 atom stereocenters. The van der Waals surface area contributed by atoms with Gasteiger partial charge < -0.3 is 16.6 Å². The van der Waals surface area contributed by atoms with Gasteiger partial charge in [-0.05, 0) is 29.8 Å². The van der Waals surface area contributed by atoms with Crippen LogP contribution in [0, 0.1) is 11.3 Å². The van der Waals surface area contributed by atoms with Crippen LogP contribution in [0.15, 0.2) is 41.4 Å². The second-order valence-corrected chi connectivity index (χ2v) is 4.78. The number of nitriles is 1. The first-order valence-corrected chi connectivity index (χ1v) is 6.47. The smallest absolute Gasteiger partial charge is 0.284 e. The van der Waals surface area contributed by atoms with Crippen LogP contribution in [0.1, 0.15) is 15.9 Å². The van der Waals surface area contributed by atoms with Crippen molar-refractivity contribution >= 4 is 23.5 Å². The third kappa shape index (κ3) is 3.00. The van der Waals surface area contributed by atoms with E-state index in [1.807, 2.05) is 6.07 Å². The molecule has 0 aliphatic rings. The Morgan fingerprint density at radius 2 is 2.00 bits per heavy atom. The van der Waals surface area contributed by atoms with Gasteiger partial charge in [0.1, 0.15) is 5.75 Å². The van der Waals surface area contributed by atoms with Crippen molar-refractivity contribution in [3.8, 4) is 22.9 Å². The van der Waals surface area contributed by atoms with Crippen molar-refractivity contribution in [3.05, 3.63) is 52.5 Å². The first-order valence-electron chi connectivity index (χ1n) is 6.10. The molecule has 0 radical (unpaired) electrons. The van der Waals surface area contributed by atoms with E-state index >= 15 is 0 Å². The van der Waals surface area contributed by atoms with Crippen molar-refractivity contribution < 1.29 is 9.90 Å². The van der Waals surface area contributed by atoms with Crippen LogP contribution in [-0.2, 0) is 0 Å². The van der Waals surface area contributed by atoms with Gasteiger partial charge in [-0.15, -0.1) is 0 Å². The van der Waals surface area contributed by atoms with Crippen LogP contribution >= 0.6 is 11.6 Å². The molecule has 0 spiro atoms. The van der Waals surface area contributed by atoms with Gasteiger partial charge in [-0.1, -0.05) is 23.7 Å². The lowest BCUT2D eigenvalue weighted by Gasteiger charge is -2.11. The zero-order valence-corrected chi connectivity index (χ0v) is 12.0. The molecule has 0 unspecified atom stereocenters. The molecule has 0 aliphatic carbocycles. The highest BCUT2D eigenvalue weighted by atomic mass is 35.5. The predicted octanol–water partition coefficient (Wildman–Crippen LogP) is 2.00. The Kier molecular flexibility index (Phi) is 4.30. The number of nitrogens with two attached hydrogens (primary N) is 2. The fraction of sp³-hybridized carbons (Fsp3) is 0. The Bertz CT molecular complexity index is 821. The Labute approximate surface area is 131 Å². The summed E-state index contributed by atoms with van der Waals surface area (Å²) in [6.45, 7) is 0. The number of phenols is 1. The largest absolute Gasteiger partial charge is 0.507 e. The molecular weight excluding hydrogens is 304 g/mol. The lowest BCUT2D eigenvalue weighted by molar-refractivity contribution is 0.100. The average molecular weight is 315 g/mol. The molecule has 0 aliphatic heterocycles. The van der Waals surface area contributed by atoms with E-state index in [0.717, 1.165) is 0 Å². The summed E-state index contributed by atoms with van der Waals surface area (Å²) in [5.74, 6) is -1.61. The predicted molar refractivity (Wildman–Crippen MR) is 83.4 cm³/mol. The minimum absolute atomic E-state index is 0.158. The molecule has 0 fully saturated rings. The van der Waals surface area contributed by atoms with E-state index in [1.165, 1.54) is 12.1 Å². The van der Waals surface area contributed by atoms with Gasteiger partial charge in [0.15, 0.2) is 5.96 Å². The number of halogens is 1. The number of rotatable bonds is 2. The van der Waals surface area contributed by atoms with Crippen LogP contribution in [0.25, 0.3) is 11.1 Å². The van der Waals surface area contributed by atoms with E-state index in [0.29, 0.717) is 10.6 Å².